The second-order valence-corrected chi connectivity index (χ2v) is 8.91. The molecule has 0 aliphatic rings. The zero-order valence-electron chi connectivity index (χ0n) is 14.9. The molecule has 0 fully saturated rings. The molecule has 0 heterocycles. The number of sulfonamides is 1. The van der Waals surface area contributed by atoms with E-state index >= 15 is 0 Å². The van der Waals surface area contributed by atoms with E-state index in [1.54, 1.807) is 48.5 Å². The van der Waals surface area contributed by atoms with Gasteiger partial charge in [-0.15, -0.1) is 0 Å². The number of hydrogen-bond donors (Lipinski definition) is 2. The van der Waals surface area contributed by atoms with Crippen molar-refractivity contribution in [2.24, 2.45) is 0 Å². The fraction of sp³-hybridized carbons (Fsp3) is 0.0500. The number of para-hydroxylation sites is 1. The predicted molar refractivity (Wildman–Crippen MR) is 117 cm³/mol. The van der Waals surface area contributed by atoms with Crippen molar-refractivity contribution in [3.05, 3.63) is 82.3 Å². The van der Waals surface area contributed by atoms with Gasteiger partial charge in [0.25, 0.3) is 15.9 Å². The van der Waals surface area contributed by atoms with Crippen LogP contribution in [-0.2, 0) is 14.8 Å². The SMILES string of the molecule is O=C(COc1ccc(S(=O)(=O)Nc2ccc(Br)cc2)cc1)Nc1ccccc1Cl. The van der Waals surface area contributed by atoms with Crippen molar-refractivity contribution in [1.29, 1.82) is 0 Å². The third kappa shape index (κ3) is 5.96. The van der Waals surface area contributed by atoms with Crippen LogP contribution in [0, 0.1) is 0 Å². The number of nitrogens with one attached hydrogen (secondary N) is 2. The Bertz CT molecular complexity index is 1100. The smallest absolute Gasteiger partial charge is 0.262 e. The van der Waals surface area contributed by atoms with E-state index in [1.165, 1.54) is 24.3 Å². The standard InChI is InChI=1S/C20H16BrClN2O4S/c21-14-5-7-15(8-6-14)24-29(26,27)17-11-9-16(10-12-17)28-13-20(25)23-19-4-2-1-3-18(19)22/h1-12,24H,13H2,(H,23,25). The zero-order valence-corrected chi connectivity index (χ0v) is 18.1. The van der Waals surface area contributed by atoms with Crippen molar-refractivity contribution in [2.45, 2.75) is 4.90 Å². The van der Waals surface area contributed by atoms with Gasteiger partial charge < -0.3 is 10.1 Å². The number of hydrogen-bond acceptors (Lipinski definition) is 4. The van der Waals surface area contributed by atoms with E-state index < -0.39 is 10.0 Å². The highest BCUT2D eigenvalue weighted by molar-refractivity contribution is 9.10. The summed E-state index contributed by atoms with van der Waals surface area (Å²) >= 11 is 9.29. The molecule has 0 aliphatic carbocycles. The van der Waals surface area contributed by atoms with E-state index in [4.69, 9.17) is 16.3 Å². The number of rotatable bonds is 7. The minimum Gasteiger partial charge on any atom is -0.484 e. The molecule has 0 saturated heterocycles. The Hall–Kier alpha value is -2.55. The van der Waals surface area contributed by atoms with Crippen LogP contribution in [0.4, 0.5) is 11.4 Å². The van der Waals surface area contributed by atoms with Crippen LogP contribution < -0.4 is 14.8 Å². The maximum Gasteiger partial charge on any atom is 0.262 e. The van der Waals surface area contributed by atoms with Crippen molar-refractivity contribution in [3.8, 4) is 5.75 Å². The molecule has 9 heteroatoms. The monoisotopic (exact) mass is 494 g/mol. The summed E-state index contributed by atoms with van der Waals surface area (Å²) < 4.78 is 33.7. The van der Waals surface area contributed by atoms with Gasteiger partial charge >= 0.3 is 0 Å². The lowest BCUT2D eigenvalue weighted by atomic mass is 10.3. The number of benzene rings is 3. The Balaban J connectivity index is 1.58. The van der Waals surface area contributed by atoms with Gasteiger partial charge in [-0.3, -0.25) is 9.52 Å². The molecule has 3 aromatic carbocycles. The molecule has 0 unspecified atom stereocenters. The van der Waals surface area contributed by atoms with Crippen molar-refractivity contribution < 1.29 is 17.9 Å². The summed E-state index contributed by atoms with van der Waals surface area (Å²) in [5, 5.41) is 3.07. The van der Waals surface area contributed by atoms with Crippen LogP contribution in [0.15, 0.2) is 82.2 Å². The fourth-order valence-corrected chi connectivity index (χ4v) is 3.85. The molecular weight excluding hydrogens is 480 g/mol. The normalized spacial score (nSPS) is 11.0. The average Bonchev–Trinajstić information content (AvgIpc) is 2.70. The zero-order chi connectivity index (χ0) is 20.9. The third-order valence-electron chi connectivity index (χ3n) is 3.75. The van der Waals surface area contributed by atoms with Gasteiger partial charge in [0.05, 0.1) is 15.6 Å². The molecule has 0 aliphatic heterocycles. The Kier molecular flexibility index (Phi) is 6.79. The highest BCUT2D eigenvalue weighted by Crippen LogP contribution is 2.22. The topological polar surface area (TPSA) is 84.5 Å². The minimum absolute atomic E-state index is 0.0771. The van der Waals surface area contributed by atoms with E-state index in [0.29, 0.717) is 22.1 Å². The van der Waals surface area contributed by atoms with E-state index in [2.05, 4.69) is 26.0 Å². The summed E-state index contributed by atoms with van der Waals surface area (Å²) in [6.07, 6.45) is 0. The number of anilines is 2. The second-order valence-electron chi connectivity index (χ2n) is 5.90. The van der Waals surface area contributed by atoms with E-state index in [9.17, 15) is 13.2 Å². The molecule has 1 amide bonds. The first-order valence-electron chi connectivity index (χ1n) is 8.39. The van der Waals surface area contributed by atoms with Crippen LogP contribution >= 0.6 is 27.5 Å². The van der Waals surface area contributed by atoms with E-state index in [-0.39, 0.29) is 17.4 Å². The Morgan fingerprint density at radius 2 is 1.62 bits per heavy atom. The van der Waals surface area contributed by atoms with Crippen LogP contribution in [0.1, 0.15) is 0 Å². The molecule has 0 spiro atoms. The van der Waals surface area contributed by atoms with Gasteiger partial charge in [-0.2, -0.15) is 0 Å². The largest absolute Gasteiger partial charge is 0.484 e. The summed E-state index contributed by atoms with van der Waals surface area (Å²) in [5.74, 6) is -0.0198. The van der Waals surface area contributed by atoms with Crippen molar-refractivity contribution in [3.63, 3.8) is 0 Å². The average molecular weight is 496 g/mol. The van der Waals surface area contributed by atoms with Crippen LogP contribution in [0.2, 0.25) is 5.02 Å². The molecule has 0 saturated carbocycles. The third-order valence-corrected chi connectivity index (χ3v) is 6.00. The van der Waals surface area contributed by atoms with Gasteiger partial charge in [-0.25, -0.2) is 8.42 Å². The molecule has 3 aromatic rings. The first-order valence-corrected chi connectivity index (χ1v) is 11.0. The number of carbonyl (C=O) groups is 1. The molecule has 0 aromatic heterocycles. The lowest BCUT2D eigenvalue weighted by molar-refractivity contribution is -0.118. The summed E-state index contributed by atoms with van der Waals surface area (Å²) in [6, 6.07) is 19.4. The number of halogens is 2. The molecule has 6 nitrogen and oxygen atoms in total. The first-order chi connectivity index (χ1) is 13.8. The van der Waals surface area contributed by atoms with E-state index in [0.717, 1.165) is 4.47 Å². The van der Waals surface area contributed by atoms with Crippen LogP contribution in [0.3, 0.4) is 0 Å². The lowest BCUT2D eigenvalue weighted by Crippen LogP contribution is -2.20. The number of carbonyl (C=O) groups excluding carboxylic acids is 1. The molecular formula is C20H16BrClN2O4S. The van der Waals surface area contributed by atoms with E-state index in [1.807, 2.05) is 0 Å². The van der Waals surface area contributed by atoms with Gasteiger partial charge in [0.1, 0.15) is 5.75 Å². The predicted octanol–water partition coefficient (Wildman–Crippen LogP) is 4.92. The maximum atomic E-state index is 12.5. The fourth-order valence-electron chi connectivity index (χ4n) is 2.34. The summed E-state index contributed by atoms with van der Waals surface area (Å²) in [4.78, 5) is 12.1. The highest BCUT2D eigenvalue weighted by atomic mass is 79.9. The molecule has 29 heavy (non-hydrogen) atoms. The quantitative estimate of drug-likeness (QED) is 0.487. The Morgan fingerprint density at radius 1 is 0.966 bits per heavy atom. The summed E-state index contributed by atoms with van der Waals surface area (Å²) in [7, 11) is -3.73. The molecule has 2 N–H and O–H groups in total. The number of amides is 1. The first kappa shape index (κ1) is 21.2. The Morgan fingerprint density at radius 3 is 2.28 bits per heavy atom. The van der Waals surface area contributed by atoms with Crippen LogP contribution in [0.25, 0.3) is 0 Å². The van der Waals surface area contributed by atoms with Crippen molar-refractivity contribution >= 4 is 54.8 Å². The van der Waals surface area contributed by atoms with Crippen molar-refractivity contribution in [1.82, 2.24) is 0 Å². The summed E-state index contributed by atoms with van der Waals surface area (Å²) in [5.41, 5.74) is 0.938. The molecule has 3 rings (SSSR count). The van der Waals surface area contributed by atoms with Crippen LogP contribution in [-0.4, -0.2) is 20.9 Å². The van der Waals surface area contributed by atoms with Crippen molar-refractivity contribution in [2.75, 3.05) is 16.6 Å². The summed E-state index contributed by atoms with van der Waals surface area (Å²) in [6.45, 7) is -0.242. The molecule has 150 valence electrons. The van der Waals surface area contributed by atoms with Gasteiger partial charge in [-0.1, -0.05) is 39.7 Å². The Labute approximate surface area is 182 Å². The maximum absolute atomic E-state index is 12.5. The second kappa shape index (κ2) is 9.30. The van der Waals surface area contributed by atoms with Gasteiger partial charge in [-0.05, 0) is 60.7 Å². The molecule has 0 radical (unpaired) electrons. The minimum atomic E-state index is -3.73. The molecule has 0 atom stereocenters. The van der Waals surface area contributed by atoms with Gasteiger partial charge in [0, 0.05) is 10.2 Å². The van der Waals surface area contributed by atoms with Gasteiger partial charge in [0.2, 0.25) is 0 Å². The number of ether oxygens (including phenoxy) is 1. The van der Waals surface area contributed by atoms with Crippen LogP contribution in [0.5, 0.6) is 5.75 Å². The van der Waals surface area contributed by atoms with Gasteiger partial charge in [0.15, 0.2) is 6.61 Å². The lowest BCUT2D eigenvalue weighted by Gasteiger charge is -2.10. The molecule has 0 bridgehead atoms. The highest BCUT2D eigenvalue weighted by Gasteiger charge is 2.14.